The zero-order chi connectivity index (χ0) is 25.8. The quantitative estimate of drug-likeness (QED) is 0.392. The Morgan fingerprint density at radius 1 is 0.946 bits per heavy atom. The zero-order valence-electron chi connectivity index (χ0n) is 21.6. The summed E-state index contributed by atoms with van der Waals surface area (Å²) in [6.07, 6.45) is 0.443. The third kappa shape index (κ3) is 5.79. The zero-order valence-corrected chi connectivity index (χ0v) is 21.6. The fraction of sp³-hybridized carbons (Fsp3) is 0.357. The van der Waals surface area contributed by atoms with Crippen LogP contribution in [0.25, 0.3) is 17.1 Å². The van der Waals surface area contributed by atoms with E-state index >= 15 is 0 Å². The molecule has 0 atom stereocenters. The predicted octanol–water partition coefficient (Wildman–Crippen LogP) is 3.99. The van der Waals surface area contributed by atoms with Gasteiger partial charge in [0.05, 0.1) is 29.3 Å². The van der Waals surface area contributed by atoms with Gasteiger partial charge >= 0.3 is 0 Å². The molecular formula is C28H33N7O2. The SMILES string of the molecule is Cc1ccccc1-c1noc(CN2CCN(CCC(=O)Nc3c(C)nn(-c4ccccc4)c3C)CC2)n1. The molecule has 192 valence electrons. The molecule has 0 spiro atoms. The molecule has 0 saturated carbocycles. The van der Waals surface area contributed by atoms with Gasteiger partial charge in [0.1, 0.15) is 0 Å². The van der Waals surface area contributed by atoms with Gasteiger partial charge in [-0.25, -0.2) is 4.68 Å². The Morgan fingerprint density at radius 3 is 2.41 bits per heavy atom. The van der Waals surface area contributed by atoms with Gasteiger partial charge in [0.25, 0.3) is 0 Å². The molecule has 1 N–H and O–H groups in total. The van der Waals surface area contributed by atoms with Gasteiger partial charge in [0.15, 0.2) is 0 Å². The fourth-order valence-corrected chi connectivity index (χ4v) is 4.72. The first-order chi connectivity index (χ1) is 18.0. The van der Waals surface area contributed by atoms with E-state index in [1.807, 2.05) is 80.1 Å². The number of nitrogens with one attached hydrogen (secondary N) is 1. The van der Waals surface area contributed by atoms with Crippen LogP contribution >= 0.6 is 0 Å². The number of carbonyl (C=O) groups is 1. The van der Waals surface area contributed by atoms with Crippen molar-refractivity contribution < 1.29 is 9.32 Å². The maximum atomic E-state index is 12.7. The number of anilines is 1. The molecule has 9 heteroatoms. The van der Waals surface area contributed by atoms with Gasteiger partial charge in [-0.1, -0.05) is 47.6 Å². The summed E-state index contributed by atoms with van der Waals surface area (Å²) in [5.41, 5.74) is 5.64. The summed E-state index contributed by atoms with van der Waals surface area (Å²) < 4.78 is 7.38. The van der Waals surface area contributed by atoms with Crippen molar-refractivity contribution in [2.24, 2.45) is 0 Å². The van der Waals surface area contributed by atoms with Crippen LogP contribution in [0.3, 0.4) is 0 Å². The minimum absolute atomic E-state index is 0.0100. The largest absolute Gasteiger partial charge is 0.338 e. The van der Waals surface area contributed by atoms with Crippen molar-refractivity contribution in [2.45, 2.75) is 33.7 Å². The first-order valence-electron chi connectivity index (χ1n) is 12.7. The normalized spacial score (nSPS) is 14.7. The fourth-order valence-electron chi connectivity index (χ4n) is 4.72. The number of hydrogen-bond acceptors (Lipinski definition) is 7. The van der Waals surface area contributed by atoms with E-state index in [4.69, 9.17) is 4.52 Å². The second-order valence-corrected chi connectivity index (χ2v) is 9.54. The van der Waals surface area contributed by atoms with Crippen molar-refractivity contribution >= 4 is 11.6 Å². The van der Waals surface area contributed by atoms with E-state index in [9.17, 15) is 4.79 Å². The third-order valence-corrected chi connectivity index (χ3v) is 6.89. The Morgan fingerprint density at radius 2 is 1.65 bits per heavy atom. The number of piperazine rings is 1. The second-order valence-electron chi connectivity index (χ2n) is 9.54. The average Bonchev–Trinajstić information content (AvgIpc) is 3.49. The predicted molar refractivity (Wildman–Crippen MR) is 142 cm³/mol. The second kappa shape index (κ2) is 11.1. The lowest BCUT2D eigenvalue weighted by Crippen LogP contribution is -2.46. The minimum atomic E-state index is 0.0100. The Balaban J connectivity index is 1.08. The maximum absolute atomic E-state index is 12.7. The number of nitrogens with zero attached hydrogens (tertiary/aromatic N) is 6. The highest BCUT2D eigenvalue weighted by Crippen LogP contribution is 2.23. The lowest BCUT2D eigenvalue weighted by molar-refractivity contribution is -0.116. The number of carbonyl (C=O) groups excluding carboxylic acids is 1. The third-order valence-electron chi connectivity index (χ3n) is 6.89. The maximum Gasteiger partial charge on any atom is 0.241 e. The Bertz CT molecular complexity index is 1350. The van der Waals surface area contributed by atoms with Gasteiger partial charge in [-0.05, 0) is 38.5 Å². The van der Waals surface area contributed by atoms with E-state index in [0.717, 1.165) is 66.6 Å². The molecule has 1 saturated heterocycles. The van der Waals surface area contributed by atoms with Crippen LogP contribution in [0.15, 0.2) is 59.1 Å². The van der Waals surface area contributed by atoms with Crippen LogP contribution in [0.5, 0.6) is 0 Å². The summed E-state index contributed by atoms with van der Waals surface area (Å²) in [5, 5.41) is 11.9. The van der Waals surface area contributed by atoms with Crippen LogP contribution in [-0.2, 0) is 11.3 Å². The van der Waals surface area contributed by atoms with E-state index in [1.54, 1.807) is 0 Å². The number of hydrogen-bond donors (Lipinski definition) is 1. The molecular weight excluding hydrogens is 466 g/mol. The van der Waals surface area contributed by atoms with Crippen molar-refractivity contribution in [2.75, 3.05) is 38.0 Å². The van der Waals surface area contributed by atoms with E-state index in [2.05, 4.69) is 30.4 Å². The van der Waals surface area contributed by atoms with Crippen molar-refractivity contribution in [1.82, 2.24) is 29.7 Å². The molecule has 37 heavy (non-hydrogen) atoms. The van der Waals surface area contributed by atoms with E-state index in [0.29, 0.717) is 24.7 Å². The molecule has 1 amide bonds. The van der Waals surface area contributed by atoms with Crippen LogP contribution in [0, 0.1) is 20.8 Å². The lowest BCUT2D eigenvalue weighted by atomic mass is 10.1. The lowest BCUT2D eigenvalue weighted by Gasteiger charge is -2.33. The molecule has 9 nitrogen and oxygen atoms in total. The number of aromatic nitrogens is 4. The Kier molecular flexibility index (Phi) is 7.43. The van der Waals surface area contributed by atoms with Gasteiger partial charge in [-0.15, -0.1) is 0 Å². The number of rotatable bonds is 8. The van der Waals surface area contributed by atoms with Crippen LogP contribution in [-0.4, -0.2) is 68.4 Å². The molecule has 0 unspecified atom stereocenters. The van der Waals surface area contributed by atoms with Crippen molar-refractivity contribution in [3.8, 4) is 17.1 Å². The van der Waals surface area contributed by atoms with Crippen LogP contribution in [0.2, 0.25) is 0 Å². The summed E-state index contributed by atoms with van der Waals surface area (Å²) in [7, 11) is 0. The minimum Gasteiger partial charge on any atom is -0.338 e. The molecule has 1 aliphatic rings. The summed E-state index contributed by atoms with van der Waals surface area (Å²) in [5.74, 6) is 1.28. The number of para-hydroxylation sites is 1. The number of benzene rings is 2. The molecule has 3 heterocycles. The summed E-state index contributed by atoms with van der Waals surface area (Å²) >= 11 is 0. The number of aryl methyl sites for hydroxylation is 2. The summed E-state index contributed by atoms with van der Waals surface area (Å²) in [6, 6.07) is 18.0. The standard InChI is InChI=1S/C28H33N7O2/c1-20-9-7-8-12-24(20)28-30-26(37-32-28)19-34-17-15-33(16-18-34)14-13-25(36)29-27-21(2)31-35(22(27)3)23-10-5-4-6-11-23/h4-12H,13-19H2,1-3H3,(H,29,36). The Hall–Kier alpha value is -3.82. The van der Waals surface area contributed by atoms with Crippen molar-refractivity contribution in [3.63, 3.8) is 0 Å². The number of amides is 1. The van der Waals surface area contributed by atoms with Crippen LogP contribution < -0.4 is 5.32 Å². The average molecular weight is 500 g/mol. The van der Waals surface area contributed by atoms with Gasteiger partial charge in [0, 0.05) is 44.7 Å². The van der Waals surface area contributed by atoms with Crippen molar-refractivity contribution in [1.29, 1.82) is 0 Å². The highest BCUT2D eigenvalue weighted by atomic mass is 16.5. The molecule has 2 aromatic heterocycles. The monoisotopic (exact) mass is 499 g/mol. The van der Waals surface area contributed by atoms with Crippen LogP contribution in [0.4, 0.5) is 5.69 Å². The summed E-state index contributed by atoms with van der Waals surface area (Å²) in [6.45, 7) is 10.9. The first-order valence-corrected chi connectivity index (χ1v) is 12.7. The van der Waals surface area contributed by atoms with Gasteiger partial charge < -0.3 is 14.7 Å². The molecule has 2 aromatic carbocycles. The van der Waals surface area contributed by atoms with Crippen LogP contribution in [0.1, 0.15) is 29.3 Å². The van der Waals surface area contributed by atoms with E-state index in [-0.39, 0.29) is 5.91 Å². The van der Waals surface area contributed by atoms with Gasteiger partial charge in [0.2, 0.25) is 17.6 Å². The van der Waals surface area contributed by atoms with Gasteiger partial charge in [-0.3, -0.25) is 9.69 Å². The molecule has 1 fully saturated rings. The topological polar surface area (TPSA) is 92.3 Å². The van der Waals surface area contributed by atoms with E-state index < -0.39 is 0 Å². The molecule has 0 radical (unpaired) electrons. The molecule has 0 aliphatic carbocycles. The first kappa shape index (κ1) is 24.9. The van der Waals surface area contributed by atoms with E-state index in [1.165, 1.54) is 0 Å². The Labute approximate surface area is 217 Å². The van der Waals surface area contributed by atoms with Gasteiger partial charge in [-0.2, -0.15) is 10.1 Å². The highest BCUT2D eigenvalue weighted by Gasteiger charge is 2.21. The molecule has 5 rings (SSSR count). The molecule has 1 aliphatic heterocycles. The van der Waals surface area contributed by atoms with Crippen molar-refractivity contribution in [3.05, 3.63) is 77.4 Å². The smallest absolute Gasteiger partial charge is 0.241 e. The molecule has 4 aromatic rings. The molecule has 0 bridgehead atoms. The highest BCUT2D eigenvalue weighted by molar-refractivity contribution is 5.92. The summed E-state index contributed by atoms with van der Waals surface area (Å²) in [4.78, 5) is 22.0.